The van der Waals surface area contributed by atoms with Crippen LogP contribution in [-0.2, 0) is 10.0 Å². The smallest absolute Gasteiger partial charge is 0.289 e. The van der Waals surface area contributed by atoms with Crippen molar-refractivity contribution in [1.82, 2.24) is 9.21 Å². The van der Waals surface area contributed by atoms with Crippen LogP contribution in [0.15, 0.2) is 38.3 Å². The highest BCUT2D eigenvalue weighted by molar-refractivity contribution is 7.91. The largest absolute Gasteiger partial charge is 0.440 e. The van der Waals surface area contributed by atoms with Crippen molar-refractivity contribution in [2.45, 2.75) is 4.21 Å². The Kier molecular flexibility index (Phi) is 4.26. The second-order valence-electron chi connectivity index (χ2n) is 4.73. The quantitative estimate of drug-likeness (QED) is 0.840. The van der Waals surface area contributed by atoms with Crippen LogP contribution in [0.1, 0.15) is 10.6 Å². The number of hydrogen-bond donors (Lipinski definition) is 0. The summed E-state index contributed by atoms with van der Waals surface area (Å²) in [5, 5.41) is 1.88. The summed E-state index contributed by atoms with van der Waals surface area (Å²) in [4.78, 5) is 13.8. The number of carbonyl (C=O) groups excluding carboxylic acids is 1. The number of piperazine rings is 1. The fourth-order valence-electron chi connectivity index (χ4n) is 2.25. The molecule has 22 heavy (non-hydrogen) atoms. The summed E-state index contributed by atoms with van der Waals surface area (Å²) in [6.45, 7) is 1.17. The van der Waals surface area contributed by atoms with Crippen molar-refractivity contribution in [1.29, 1.82) is 0 Å². The first kappa shape index (κ1) is 15.5. The Labute approximate surface area is 136 Å². The molecule has 0 spiro atoms. The van der Waals surface area contributed by atoms with E-state index in [4.69, 9.17) is 16.0 Å². The van der Waals surface area contributed by atoms with E-state index in [0.29, 0.717) is 17.3 Å². The molecule has 0 bridgehead atoms. The third kappa shape index (κ3) is 2.91. The van der Waals surface area contributed by atoms with Crippen LogP contribution in [0.2, 0.25) is 5.22 Å². The van der Waals surface area contributed by atoms with E-state index in [0.717, 1.165) is 0 Å². The Morgan fingerprint density at radius 1 is 1.18 bits per heavy atom. The Hall–Kier alpha value is -1.35. The summed E-state index contributed by atoms with van der Waals surface area (Å²) in [6, 6.07) is 6.31. The molecule has 0 atom stereocenters. The number of amides is 1. The lowest BCUT2D eigenvalue weighted by Crippen LogP contribution is -2.50. The van der Waals surface area contributed by atoms with E-state index >= 15 is 0 Å². The van der Waals surface area contributed by atoms with Gasteiger partial charge in [0, 0.05) is 26.2 Å². The van der Waals surface area contributed by atoms with Gasteiger partial charge in [0.2, 0.25) is 0 Å². The molecule has 0 N–H and O–H groups in total. The molecule has 1 amide bonds. The minimum Gasteiger partial charge on any atom is -0.440 e. The first-order valence-electron chi connectivity index (χ1n) is 6.57. The van der Waals surface area contributed by atoms with Crippen LogP contribution in [0.4, 0.5) is 0 Å². The average molecular weight is 361 g/mol. The molecule has 0 aromatic carbocycles. The number of halogens is 1. The van der Waals surface area contributed by atoms with Gasteiger partial charge in [0.05, 0.1) is 0 Å². The number of hydrogen-bond acceptors (Lipinski definition) is 5. The molecular weight excluding hydrogens is 348 g/mol. The lowest BCUT2D eigenvalue weighted by atomic mass is 10.3. The fraction of sp³-hybridized carbons (Fsp3) is 0.308. The lowest BCUT2D eigenvalue weighted by molar-refractivity contribution is 0.0666. The fourth-order valence-corrected chi connectivity index (χ4v) is 4.97. The van der Waals surface area contributed by atoms with Gasteiger partial charge in [-0.3, -0.25) is 4.79 Å². The SMILES string of the molecule is O=C(c1ccc(Cl)o1)N1CCN(S(=O)(=O)c2cccs2)CC1. The summed E-state index contributed by atoms with van der Waals surface area (Å²) >= 11 is 6.85. The minimum atomic E-state index is -3.46. The molecule has 1 saturated heterocycles. The van der Waals surface area contributed by atoms with Crippen LogP contribution < -0.4 is 0 Å². The van der Waals surface area contributed by atoms with Gasteiger partial charge in [-0.1, -0.05) is 6.07 Å². The van der Waals surface area contributed by atoms with Crippen molar-refractivity contribution in [2.24, 2.45) is 0 Å². The van der Waals surface area contributed by atoms with E-state index in [2.05, 4.69) is 0 Å². The third-order valence-corrected chi connectivity index (χ3v) is 6.87. The molecule has 118 valence electrons. The number of thiophene rings is 1. The maximum Gasteiger partial charge on any atom is 0.289 e. The van der Waals surface area contributed by atoms with Gasteiger partial charge in [-0.05, 0) is 35.2 Å². The molecule has 1 aliphatic heterocycles. The van der Waals surface area contributed by atoms with Gasteiger partial charge in [-0.15, -0.1) is 11.3 Å². The first-order valence-corrected chi connectivity index (χ1v) is 9.26. The maximum absolute atomic E-state index is 12.4. The maximum atomic E-state index is 12.4. The van der Waals surface area contributed by atoms with E-state index in [1.54, 1.807) is 22.4 Å². The van der Waals surface area contributed by atoms with Crippen LogP contribution >= 0.6 is 22.9 Å². The zero-order valence-electron chi connectivity index (χ0n) is 11.4. The number of rotatable bonds is 3. The molecular formula is C13H13ClN2O4S2. The number of nitrogens with zero attached hydrogens (tertiary/aromatic N) is 2. The van der Waals surface area contributed by atoms with Crippen molar-refractivity contribution in [3.05, 3.63) is 40.6 Å². The molecule has 2 aromatic rings. The number of furan rings is 1. The predicted molar refractivity (Wildman–Crippen MR) is 82.7 cm³/mol. The third-order valence-electron chi connectivity index (χ3n) is 3.40. The van der Waals surface area contributed by atoms with Crippen LogP contribution in [-0.4, -0.2) is 49.7 Å². The number of sulfonamides is 1. The van der Waals surface area contributed by atoms with Gasteiger partial charge >= 0.3 is 0 Å². The summed E-state index contributed by atoms with van der Waals surface area (Å²) in [5.74, 6) is -0.111. The van der Waals surface area contributed by atoms with Crippen LogP contribution in [0.5, 0.6) is 0 Å². The topological polar surface area (TPSA) is 70.8 Å². The second kappa shape index (κ2) is 6.04. The van der Waals surface area contributed by atoms with Crippen molar-refractivity contribution < 1.29 is 17.6 Å². The summed E-state index contributed by atoms with van der Waals surface area (Å²) < 4.78 is 31.6. The van der Waals surface area contributed by atoms with Gasteiger partial charge in [-0.2, -0.15) is 4.31 Å². The molecule has 6 nitrogen and oxygen atoms in total. The molecule has 3 heterocycles. The Morgan fingerprint density at radius 2 is 1.91 bits per heavy atom. The normalized spacial score (nSPS) is 16.9. The van der Waals surface area contributed by atoms with Crippen LogP contribution in [0.25, 0.3) is 0 Å². The molecule has 1 fully saturated rings. The van der Waals surface area contributed by atoms with Crippen molar-refractivity contribution in [2.75, 3.05) is 26.2 Å². The molecule has 3 rings (SSSR count). The molecule has 0 aliphatic carbocycles. The van der Waals surface area contributed by atoms with Crippen molar-refractivity contribution in [3.63, 3.8) is 0 Å². The van der Waals surface area contributed by atoms with E-state index in [1.807, 2.05) is 0 Å². The standard InChI is InChI=1S/C13H13ClN2O4S2/c14-11-4-3-10(20-11)13(17)15-5-7-16(8-6-15)22(18,19)12-2-1-9-21-12/h1-4,9H,5-8H2. The van der Waals surface area contributed by atoms with Gasteiger partial charge in [0.1, 0.15) is 4.21 Å². The van der Waals surface area contributed by atoms with E-state index in [1.165, 1.54) is 27.8 Å². The molecule has 0 saturated carbocycles. The zero-order valence-corrected chi connectivity index (χ0v) is 13.8. The highest BCUT2D eigenvalue weighted by Crippen LogP contribution is 2.23. The van der Waals surface area contributed by atoms with Crippen molar-refractivity contribution >= 4 is 38.9 Å². The van der Waals surface area contributed by atoms with Gasteiger partial charge in [0.15, 0.2) is 11.0 Å². The zero-order chi connectivity index (χ0) is 15.7. The Balaban J connectivity index is 1.67. The van der Waals surface area contributed by atoms with Crippen LogP contribution in [0.3, 0.4) is 0 Å². The highest BCUT2D eigenvalue weighted by atomic mass is 35.5. The molecule has 2 aromatic heterocycles. The molecule has 0 radical (unpaired) electrons. The molecule has 1 aliphatic rings. The average Bonchev–Trinajstić information content (AvgIpc) is 3.18. The Bertz CT molecular complexity index is 762. The number of carbonyl (C=O) groups is 1. The summed E-state index contributed by atoms with van der Waals surface area (Å²) in [6.07, 6.45) is 0. The summed E-state index contributed by atoms with van der Waals surface area (Å²) in [7, 11) is -3.46. The molecule has 0 unspecified atom stereocenters. The van der Waals surface area contributed by atoms with Gasteiger partial charge in [-0.25, -0.2) is 8.42 Å². The first-order chi connectivity index (χ1) is 10.5. The van der Waals surface area contributed by atoms with Gasteiger partial charge < -0.3 is 9.32 Å². The lowest BCUT2D eigenvalue weighted by Gasteiger charge is -2.33. The van der Waals surface area contributed by atoms with Crippen LogP contribution in [0, 0.1) is 0 Å². The summed E-state index contributed by atoms with van der Waals surface area (Å²) in [5.41, 5.74) is 0. The van der Waals surface area contributed by atoms with Crippen molar-refractivity contribution in [3.8, 4) is 0 Å². The van der Waals surface area contributed by atoms with E-state index in [9.17, 15) is 13.2 Å². The van der Waals surface area contributed by atoms with E-state index < -0.39 is 10.0 Å². The monoisotopic (exact) mass is 360 g/mol. The van der Waals surface area contributed by atoms with E-state index in [-0.39, 0.29) is 30.0 Å². The molecule has 9 heteroatoms. The second-order valence-corrected chi connectivity index (χ2v) is 8.22. The minimum absolute atomic E-state index is 0.155. The highest BCUT2D eigenvalue weighted by Gasteiger charge is 2.31. The van der Waals surface area contributed by atoms with Gasteiger partial charge in [0.25, 0.3) is 15.9 Å². The predicted octanol–water partition coefficient (Wildman–Crippen LogP) is 2.14. The Morgan fingerprint density at radius 3 is 2.45 bits per heavy atom.